The van der Waals surface area contributed by atoms with Crippen molar-refractivity contribution < 1.29 is 9.90 Å². The zero-order chi connectivity index (χ0) is 12.5. The summed E-state index contributed by atoms with van der Waals surface area (Å²) in [6.45, 7) is 0. The van der Waals surface area contributed by atoms with Crippen molar-refractivity contribution in [2.45, 2.75) is 0 Å². The fourth-order valence-electron chi connectivity index (χ4n) is 1.89. The molecule has 3 aromatic rings. The quantitative estimate of drug-likeness (QED) is 0.743. The number of carboxylic acids is 1. The van der Waals surface area contributed by atoms with Crippen LogP contribution in [0, 0.1) is 0 Å². The first-order valence-electron chi connectivity index (χ1n) is 5.38. The van der Waals surface area contributed by atoms with E-state index in [9.17, 15) is 4.79 Å². The minimum absolute atomic E-state index is 0.0258. The van der Waals surface area contributed by atoms with Gasteiger partial charge in [0.05, 0.1) is 5.52 Å². The molecule has 18 heavy (non-hydrogen) atoms. The van der Waals surface area contributed by atoms with Gasteiger partial charge < -0.3 is 5.11 Å². The summed E-state index contributed by atoms with van der Waals surface area (Å²) in [5.41, 5.74) is 2.03. The number of benzene rings is 1. The molecular formula is C13H9N3O2. The lowest BCUT2D eigenvalue weighted by molar-refractivity contribution is 0.0692. The Hall–Kier alpha value is -2.69. The van der Waals surface area contributed by atoms with Crippen LogP contribution >= 0.6 is 0 Å². The third kappa shape index (κ3) is 1.53. The van der Waals surface area contributed by atoms with Crippen LogP contribution in [0.15, 0.2) is 48.9 Å². The Balaban J connectivity index is 2.28. The number of carboxylic acid groups (broad SMARTS) is 1. The van der Waals surface area contributed by atoms with E-state index < -0.39 is 5.97 Å². The van der Waals surface area contributed by atoms with Crippen molar-refractivity contribution in [3.05, 3.63) is 54.6 Å². The predicted octanol–water partition coefficient (Wildman–Crippen LogP) is 2.12. The number of hydrogen-bond donors (Lipinski definition) is 1. The van der Waals surface area contributed by atoms with Crippen LogP contribution in [-0.4, -0.2) is 25.6 Å². The van der Waals surface area contributed by atoms with Crippen LogP contribution in [0.5, 0.6) is 0 Å². The number of hydrogen-bond acceptors (Lipinski definition) is 3. The molecule has 0 fully saturated rings. The Morgan fingerprint density at radius 3 is 2.61 bits per heavy atom. The van der Waals surface area contributed by atoms with Crippen molar-refractivity contribution in [2.24, 2.45) is 0 Å². The molecule has 1 N–H and O–H groups in total. The minimum Gasteiger partial charge on any atom is -0.476 e. The van der Waals surface area contributed by atoms with Crippen LogP contribution in [0.1, 0.15) is 10.5 Å². The predicted molar refractivity (Wildman–Crippen MR) is 65.8 cm³/mol. The highest BCUT2D eigenvalue weighted by molar-refractivity contribution is 5.99. The molecule has 0 unspecified atom stereocenters. The van der Waals surface area contributed by atoms with Gasteiger partial charge in [0.15, 0.2) is 5.69 Å². The Kier molecular flexibility index (Phi) is 2.30. The largest absolute Gasteiger partial charge is 0.476 e. The van der Waals surface area contributed by atoms with Gasteiger partial charge in [0, 0.05) is 11.9 Å². The fraction of sp³-hybridized carbons (Fsp3) is 0. The SMILES string of the molecule is O=C(O)c1nccc2c1ncn2-c1ccccc1. The molecule has 1 aromatic carbocycles. The van der Waals surface area contributed by atoms with E-state index in [0.717, 1.165) is 11.2 Å². The molecule has 0 radical (unpaired) electrons. The summed E-state index contributed by atoms with van der Waals surface area (Å²) >= 11 is 0. The highest BCUT2D eigenvalue weighted by Gasteiger charge is 2.14. The minimum atomic E-state index is -1.07. The van der Waals surface area contributed by atoms with E-state index in [1.54, 1.807) is 12.4 Å². The van der Waals surface area contributed by atoms with Crippen molar-refractivity contribution in [2.75, 3.05) is 0 Å². The molecule has 88 valence electrons. The topological polar surface area (TPSA) is 68.0 Å². The molecule has 5 nitrogen and oxygen atoms in total. The summed E-state index contributed by atoms with van der Waals surface area (Å²) in [5, 5.41) is 9.05. The van der Waals surface area contributed by atoms with E-state index >= 15 is 0 Å². The second-order valence-electron chi connectivity index (χ2n) is 3.78. The number of nitrogens with zero attached hydrogens (tertiary/aromatic N) is 3. The molecule has 2 heterocycles. The molecule has 0 aliphatic rings. The summed E-state index contributed by atoms with van der Waals surface area (Å²) in [7, 11) is 0. The van der Waals surface area contributed by atoms with E-state index in [2.05, 4.69) is 9.97 Å². The lowest BCUT2D eigenvalue weighted by atomic mass is 10.2. The first kappa shape index (κ1) is 10.5. The summed E-state index contributed by atoms with van der Waals surface area (Å²) in [4.78, 5) is 19.0. The molecule has 2 aromatic heterocycles. The van der Waals surface area contributed by atoms with Gasteiger partial charge in [-0.05, 0) is 18.2 Å². The second kappa shape index (κ2) is 3.96. The van der Waals surface area contributed by atoms with Gasteiger partial charge in [-0.25, -0.2) is 14.8 Å². The molecule has 0 saturated heterocycles. The number of pyridine rings is 1. The van der Waals surface area contributed by atoms with E-state index in [4.69, 9.17) is 5.11 Å². The summed E-state index contributed by atoms with van der Waals surface area (Å²) < 4.78 is 1.84. The lowest BCUT2D eigenvalue weighted by Gasteiger charge is -2.03. The molecule has 0 spiro atoms. The Morgan fingerprint density at radius 1 is 1.11 bits per heavy atom. The molecule has 0 atom stereocenters. The molecule has 0 aliphatic heterocycles. The molecular weight excluding hydrogens is 230 g/mol. The monoisotopic (exact) mass is 239 g/mol. The van der Waals surface area contributed by atoms with E-state index in [-0.39, 0.29) is 5.69 Å². The third-order valence-corrected chi connectivity index (χ3v) is 2.70. The van der Waals surface area contributed by atoms with Crippen LogP contribution in [-0.2, 0) is 0 Å². The summed E-state index contributed by atoms with van der Waals surface area (Å²) in [6, 6.07) is 11.4. The van der Waals surface area contributed by atoms with Crippen molar-refractivity contribution in [3.63, 3.8) is 0 Å². The number of fused-ring (bicyclic) bond motifs is 1. The zero-order valence-corrected chi connectivity index (χ0v) is 9.32. The van der Waals surface area contributed by atoms with Gasteiger partial charge in [-0.1, -0.05) is 18.2 Å². The maximum absolute atomic E-state index is 11.0. The van der Waals surface area contributed by atoms with Crippen LogP contribution < -0.4 is 0 Å². The average molecular weight is 239 g/mol. The van der Waals surface area contributed by atoms with Gasteiger partial charge >= 0.3 is 5.97 Å². The van der Waals surface area contributed by atoms with E-state index in [1.165, 1.54) is 6.20 Å². The van der Waals surface area contributed by atoms with Crippen molar-refractivity contribution in [1.82, 2.24) is 14.5 Å². The highest BCUT2D eigenvalue weighted by atomic mass is 16.4. The maximum Gasteiger partial charge on any atom is 0.356 e. The van der Waals surface area contributed by atoms with Crippen LogP contribution in [0.4, 0.5) is 0 Å². The standard InChI is InChI=1S/C13H9N3O2/c17-13(18)12-11-10(6-7-14-12)16(8-15-11)9-4-2-1-3-5-9/h1-8H,(H,17,18). The van der Waals surface area contributed by atoms with Gasteiger partial charge in [0.25, 0.3) is 0 Å². The van der Waals surface area contributed by atoms with Gasteiger partial charge in [-0.3, -0.25) is 4.57 Å². The second-order valence-corrected chi connectivity index (χ2v) is 3.78. The highest BCUT2D eigenvalue weighted by Crippen LogP contribution is 2.19. The molecule has 5 heteroatoms. The summed E-state index contributed by atoms with van der Waals surface area (Å²) in [6.07, 6.45) is 3.08. The number of imidazole rings is 1. The summed E-state index contributed by atoms with van der Waals surface area (Å²) in [5.74, 6) is -1.07. The van der Waals surface area contributed by atoms with Crippen LogP contribution in [0.25, 0.3) is 16.7 Å². The molecule has 0 bridgehead atoms. The van der Waals surface area contributed by atoms with Crippen LogP contribution in [0.3, 0.4) is 0 Å². The Bertz CT molecular complexity index is 719. The molecule has 3 rings (SSSR count). The van der Waals surface area contributed by atoms with Crippen molar-refractivity contribution in [1.29, 1.82) is 0 Å². The number of aromatic carboxylic acids is 1. The number of carbonyl (C=O) groups is 1. The fourth-order valence-corrected chi connectivity index (χ4v) is 1.89. The maximum atomic E-state index is 11.0. The number of rotatable bonds is 2. The lowest BCUT2D eigenvalue weighted by Crippen LogP contribution is -2.01. The first-order chi connectivity index (χ1) is 8.77. The average Bonchev–Trinajstić information content (AvgIpc) is 2.83. The number of aromatic nitrogens is 3. The van der Waals surface area contributed by atoms with Gasteiger partial charge in [0.1, 0.15) is 11.8 Å². The molecule has 0 amide bonds. The van der Waals surface area contributed by atoms with Gasteiger partial charge in [-0.15, -0.1) is 0 Å². The van der Waals surface area contributed by atoms with Crippen molar-refractivity contribution >= 4 is 17.0 Å². The first-order valence-corrected chi connectivity index (χ1v) is 5.38. The Labute approximate surface area is 102 Å². The van der Waals surface area contributed by atoms with Gasteiger partial charge in [0.2, 0.25) is 0 Å². The molecule has 0 aliphatic carbocycles. The van der Waals surface area contributed by atoms with Crippen LogP contribution in [0.2, 0.25) is 0 Å². The Morgan fingerprint density at radius 2 is 1.89 bits per heavy atom. The zero-order valence-electron chi connectivity index (χ0n) is 9.32. The smallest absolute Gasteiger partial charge is 0.356 e. The normalized spacial score (nSPS) is 10.7. The van der Waals surface area contributed by atoms with E-state index in [1.807, 2.05) is 34.9 Å². The van der Waals surface area contributed by atoms with E-state index in [0.29, 0.717) is 5.52 Å². The van der Waals surface area contributed by atoms with Gasteiger partial charge in [-0.2, -0.15) is 0 Å². The number of para-hydroxylation sites is 1. The third-order valence-electron chi connectivity index (χ3n) is 2.70. The van der Waals surface area contributed by atoms with Crippen molar-refractivity contribution in [3.8, 4) is 5.69 Å². The molecule has 0 saturated carbocycles.